The highest BCUT2D eigenvalue weighted by molar-refractivity contribution is 6.32. The number of ether oxygens (including phenoxy) is 3. The zero-order valence-corrected chi connectivity index (χ0v) is 18.7. The maximum atomic E-state index is 12.3. The third-order valence-electron chi connectivity index (χ3n) is 4.17. The van der Waals surface area contributed by atoms with Crippen LogP contribution < -0.4 is 9.47 Å². The van der Waals surface area contributed by atoms with Gasteiger partial charge in [0.05, 0.1) is 11.6 Å². The van der Waals surface area contributed by atoms with Gasteiger partial charge < -0.3 is 19.1 Å². The zero-order valence-electron chi connectivity index (χ0n) is 17.1. The molecule has 9 heteroatoms. The van der Waals surface area contributed by atoms with Gasteiger partial charge in [0.2, 0.25) is 5.90 Å². The average Bonchev–Trinajstić information content (AvgIpc) is 3.07. The van der Waals surface area contributed by atoms with E-state index >= 15 is 0 Å². The molecule has 31 heavy (non-hydrogen) atoms. The van der Waals surface area contributed by atoms with Crippen molar-refractivity contribution in [3.63, 3.8) is 0 Å². The molecule has 162 valence electrons. The van der Waals surface area contributed by atoms with E-state index in [-0.39, 0.29) is 34.9 Å². The lowest BCUT2D eigenvalue weighted by atomic mass is 10.1. The van der Waals surface area contributed by atoms with Crippen molar-refractivity contribution in [2.24, 2.45) is 4.99 Å². The van der Waals surface area contributed by atoms with Crippen LogP contribution in [0.1, 0.15) is 18.1 Å². The van der Waals surface area contributed by atoms with Crippen LogP contribution in [-0.2, 0) is 14.3 Å². The predicted molar refractivity (Wildman–Crippen MR) is 119 cm³/mol. The lowest BCUT2D eigenvalue weighted by Crippen LogP contribution is -2.27. The van der Waals surface area contributed by atoms with Crippen molar-refractivity contribution in [2.45, 2.75) is 6.92 Å². The molecular weight excluding hydrogens is 443 g/mol. The van der Waals surface area contributed by atoms with Crippen molar-refractivity contribution in [1.82, 2.24) is 4.90 Å². The van der Waals surface area contributed by atoms with Gasteiger partial charge in [-0.2, -0.15) is 0 Å². The number of rotatable bonds is 7. The van der Waals surface area contributed by atoms with Crippen LogP contribution in [0.15, 0.2) is 47.1 Å². The fourth-order valence-corrected chi connectivity index (χ4v) is 3.11. The summed E-state index contributed by atoms with van der Waals surface area (Å²) >= 11 is 12.4. The number of cyclic esters (lactones) is 1. The molecule has 0 aliphatic carbocycles. The van der Waals surface area contributed by atoms with Crippen molar-refractivity contribution in [3.8, 4) is 11.5 Å². The molecule has 0 unspecified atom stereocenters. The molecule has 0 bridgehead atoms. The number of likely N-dealkylation sites (N-methyl/N-ethyl adjacent to an activating group) is 1. The first kappa shape index (κ1) is 22.7. The number of carbonyl (C=O) groups is 2. The van der Waals surface area contributed by atoms with Crippen LogP contribution in [0.5, 0.6) is 11.5 Å². The van der Waals surface area contributed by atoms with Gasteiger partial charge in [0.1, 0.15) is 0 Å². The van der Waals surface area contributed by atoms with Crippen molar-refractivity contribution in [1.29, 1.82) is 0 Å². The molecule has 1 heterocycles. The van der Waals surface area contributed by atoms with Gasteiger partial charge in [0, 0.05) is 24.7 Å². The lowest BCUT2D eigenvalue weighted by molar-refractivity contribution is -0.131. The van der Waals surface area contributed by atoms with Crippen LogP contribution in [0, 0.1) is 0 Å². The Kier molecular flexibility index (Phi) is 7.20. The van der Waals surface area contributed by atoms with E-state index in [2.05, 4.69) is 4.99 Å². The third kappa shape index (κ3) is 5.57. The van der Waals surface area contributed by atoms with Gasteiger partial charge in [-0.15, -0.1) is 0 Å². The Balaban J connectivity index is 1.91. The molecule has 0 N–H and O–H groups in total. The maximum absolute atomic E-state index is 12.3. The fourth-order valence-electron chi connectivity index (χ4n) is 2.65. The predicted octanol–water partition coefficient (Wildman–Crippen LogP) is 4.20. The second kappa shape index (κ2) is 9.85. The normalized spacial score (nSPS) is 14.3. The maximum Gasteiger partial charge on any atom is 0.363 e. The zero-order chi connectivity index (χ0) is 22.5. The van der Waals surface area contributed by atoms with Gasteiger partial charge in [0.25, 0.3) is 5.91 Å². The summed E-state index contributed by atoms with van der Waals surface area (Å²) in [5.74, 6) is -0.0592. The molecule has 7 nitrogen and oxygen atoms in total. The summed E-state index contributed by atoms with van der Waals surface area (Å²) in [7, 11) is 3.26. The molecule has 0 saturated heterocycles. The van der Waals surface area contributed by atoms with Crippen LogP contribution in [0.2, 0.25) is 10.0 Å². The Bertz CT molecular complexity index is 1080. The minimum atomic E-state index is -0.596. The summed E-state index contributed by atoms with van der Waals surface area (Å²) in [4.78, 5) is 29.8. The molecule has 0 spiro atoms. The van der Waals surface area contributed by atoms with Crippen LogP contribution in [0.3, 0.4) is 0 Å². The molecule has 2 aromatic carbocycles. The number of benzene rings is 2. The quantitative estimate of drug-likeness (QED) is 0.454. The van der Waals surface area contributed by atoms with E-state index in [0.29, 0.717) is 28.5 Å². The molecule has 0 aromatic heterocycles. The number of hydrogen-bond acceptors (Lipinski definition) is 6. The van der Waals surface area contributed by atoms with E-state index in [1.54, 1.807) is 50.5 Å². The topological polar surface area (TPSA) is 77.4 Å². The van der Waals surface area contributed by atoms with Crippen LogP contribution in [0.4, 0.5) is 0 Å². The molecule has 1 aliphatic heterocycles. The molecule has 0 atom stereocenters. The fraction of sp³-hybridized carbons (Fsp3) is 0.227. The largest absolute Gasteiger partial charge is 0.490 e. The summed E-state index contributed by atoms with van der Waals surface area (Å²) in [5, 5.41) is 0.736. The van der Waals surface area contributed by atoms with Crippen LogP contribution in [-0.4, -0.2) is 50.0 Å². The van der Waals surface area contributed by atoms with Gasteiger partial charge in [-0.05, 0) is 48.9 Å². The minimum absolute atomic E-state index is 0.102. The molecule has 0 fully saturated rings. The summed E-state index contributed by atoms with van der Waals surface area (Å²) in [6.07, 6.45) is 1.53. The summed E-state index contributed by atoms with van der Waals surface area (Å²) in [5.41, 5.74) is 1.25. The molecule has 0 saturated carbocycles. The smallest absolute Gasteiger partial charge is 0.363 e. The Morgan fingerprint density at radius 1 is 1.19 bits per heavy atom. The molecule has 0 radical (unpaired) electrons. The molecule has 1 amide bonds. The first-order chi connectivity index (χ1) is 14.8. The highest BCUT2D eigenvalue weighted by Gasteiger charge is 2.25. The number of halogens is 2. The number of aliphatic imine (C=N–C) groups is 1. The number of amides is 1. The van der Waals surface area contributed by atoms with Crippen molar-refractivity contribution in [2.75, 3.05) is 27.3 Å². The first-order valence-electron chi connectivity index (χ1n) is 9.36. The SMILES string of the molecule is CCOc1cc(/C=C2\N=C(c3cccc(Cl)c3)OC2=O)cc(Cl)c1OCC(=O)N(C)C. The van der Waals surface area contributed by atoms with Crippen LogP contribution >= 0.6 is 23.2 Å². The Morgan fingerprint density at radius 2 is 1.97 bits per heavy atom. The van der Waals surface area contributed by atoms with Gasteiger partial charge in [0.15, 0.2) is 23.8 Å². The highest BCUT2D eigenvalue weighted by Crippen LogP contribution is 2.37. The first-order valence-corrected chi connectivity index (χ1v) is 10.1. The highest BCUT2D eigenvalue weighted by atomic mass is 35.5. The number of nitrogens with zero attached hydrogens (tertiary/aromatic N) is 2. The van der Waals surface area contributed by atoms with Crippen molar-refractivity contribution >= 4 is 47.1 Å². The minimum Gasteiger partial charge on any atom is -0.490 e. The molecule has 3 rings (SSSR count). The lowest BCUT2D eigenvalue weighted by Gasteiger charge is -2.16. The molecule has 2 aromatic rings. The average molecular weight is 463 g/mol. The Hall–Kier alpha value is -3.03. The Labute approximate surface area is 189 Å². The van der Waals surface area contributed by atoms with Gasteiger partial charge >= 0.3 is 5.97 Å². The van der Waals surface area contributed by atoms with Crippen molar-refractivity contribution < 1.29 is 23.8 Å². The van der Waals surface area contributed by atoms with E-state index in [9.17, 15) is 9.59 Å². The van der Waals surface area contributed by atoms with E-state index in [4.69, 9.17) is 37.4 Å². The number of esters is 1. The van der Waals surface area contributed by atoms with E-state index in [1.807, 2.05) is 6.92 Å². The standard InChI is InChI=1S/C22H20Cl2N2O5/c1-4-29-18-10-13(8-16(24)20(18)30-12-19(27)26(2)3)9-17-22(28)31-21(25-17)14-6-5-7-15(23)11-14/h5-11H,4,12H2,1-3H3/b17-9-. The van der Waals surface area contributed by atoms with Crippen molar-refractivity contribution in [3.05, 3.63) is 63.3 Å². The number of carbonyl (C=O) groups excluding carboxylic acids is 2. The van der Waals surface area contributed by atoms with Gasteiger partial charge in [-0.1, -0.05) is 29.3 Å². The molecule has 1 aliphatic rings. The van der Waals surface area contributed by atoms with E-state index in [1.165, 1.54) is 11.0 Å². The van der Waals surface area contributed by atoms with E-state index in [0.717, 1.165) is 0 Å². The van der Waals surface area contributed by atoms with E-state index < -0.39 is 5.97 Å². The number of hydrogen-bond donors (Lipinski definition) is 0. The second-order valence-electron chi connectivity index (χ2n) is 6.69. The third-order valence-corrected chi connectivity index (χ3v) is 4.68. The second-order valence-corrected chi connectivity index (χ2v) is 7.53. The van der Waals surface area contributed by atoms with Gasteiger partial charge in [-0.3, -0.25) is 4.79 Å². The van der Waals surface area contributed by atoms with Crippen LogP contribution in [0.25, 0.3) is 6.08 Å². The summed E-state index contributed by atoms with van der Waals surface area (Å²) in [6, 6.07) is 10.1. The monoisotopic (exact) mass is 462 g/mol. The van der Waals surface area contributed by atoms with Gasteiger partial charge in [-0.25, -0.2) is 9.79 Å². The molecular formula is C22H20Cl2N2O5. The Morgan fingerprint density at radius 3 is 2.65 bits per heavy atom. The summed E-state index contributed by atoms with van der Waals surface area (Å²) < 4.78 is 16.5. The summed E-state index contributed by atoms with van der Waals surface area (Å²) in [6.45, 7) is 1.98.